The van der Waals surface area contributed by atoms with Crippen LogP contribution in [0.5, 0.6) is 0 Å². The second kappa shape index (κ2) is 3.83. The summed E-state index contributed by atoms with van der Waals surface area (Å²) < 4.78 is 0. The largest absolute Gasteiger partial charge is 0.295 e. The van der Waals surface area contributed by atoms with Gasteiger partial charge in [-0.1, -0.05) is 0 Å². The molecule has 0 fully saturated rings. The second-order valence-corrected chi connectivity index (χ2v) is 4.07. The highest BCUT2D eigenvalue weighted by Gasteiger charge is 2.11. The molecule has 1 aromatic rings. The van der Waals surface area contributed by atoms with Gasteiger partial charge >= 0.3 is 0 Å². The predicted octanol–water partition coefficient (Wildman–Crippen LogP) is 2.67. The molecular formula is C10H11NOS. The van der Waals surface area contributed by atoms with E-state index in [1.54, 1.807) is 23.6 Å². The Morgan fingerprint density at radius 2 is 2.15 bits per heavy atom. The maximum absolute atomic E-state index is 11.3. The van der Waals surface area contributed by atoms with Gasteiger partial charge in [-0.25, -0.2) is 4.98 Å². The van der Waals surface area contributed by atoms with E-state index < -0.39 is 0 Å². The number of ketones is 1. The zero-order chi connectivity index (χ0) is 9.10. The standard InChI is InChI=1S/C10H11NOS/c12-9-4-2-1-3-8(7-9)10-11-5-6-13-10/h5-7H,1-4H2. The monoisotopic (exact) mass is 193 g/mol. The first-order valence-electron chi connectivity index (χ1n) is 4.49. The molecule has 1 heterocycles. The lowest BCUT2D eigenvalue weighted by molar-refractivity contribution is -0.114. The van der Waals surface area contributed by atoms with Crippen molar-refractivity contribution in [2.75, 3.05) is 0 Å². The summed E-state index contributed by atoms with van der Waals surface area (Å²) in [5.74, 6) is 0.253. The molecule has 0 radical (unpaired) electrons. The van der Waals surface area contributed by atoms with Gasteiger partial charge in [-0.3, -0.25) is 4.79 Å². The molecule has 0 aliphatic heterocycles. The predicted molar refractivity (Wildman–Crippen MR) is 53.6 cm³/mol. The Morgan fingerprint density at radius 1 is 1.31 bits per heavy atom. The Labute approximate surface area is 81.3 Å². The number of carbonyl (C=O) groups is 1. The Balaban J connectivity index is 2.26. The molecule has 2 nitrogen and oxygen atoms in total. The molecule has 1 aliphatic carbocycles. The van der Waals surface area contributed by atoms with Gasteiger partial charge in [0.15, 0.2) is 5.78 Å². The van der Waals surface area contributed by atoms with Crippen LogP contribution < -0.4 is 0 Å². The van der Waals surface area contributed by atoms with Crippen LogP contribution in [0.25, 0.3) is 5.57 Å². The molecule has 0 saturated heterocycles. The zero-order valence-corrected chi connectivity index (χ0v) is 8.14. The van der Waals surface area contributed by atoms with E-state index in [0.29, 0.717) is 6.42 Å². The summed E-state index contributed by atoms with van der Waals surface area (Å²) in [6.07, 6.45) is 7.39. The topological polar surface area (TPSA) is 30.0 Å². The first-order chi connectivity index (χ1) is 6.36. The minimum atomic E-state index is 0.253. The van der Waals surface area contributed by atoms with Crippen molar-refractivity contribution in [1.82, 2.24) is 4.98 Å². The van der Waals surface area contributed by atoms with E-state index in [9.17, 15) is 4.79 Å². The van der Waals surface area contributed by atoms with Crippen LogP contribution >= 0.6 is 11.3 Å². The van der Waals surface area contributed by atoms with Crippen LogP contribution in [0.1, 0.15) is 30.7 Å². The summed E-state index contributed by atoms with van der Waals surface area (Å²) in [7, 11) is 0. The second-order valence-electron chi connectivity index (χ2n) is 3.18. The van der Waals surface area contributed by atoms with Gasteiger partial charge in [0.05, 0.1) is 0 Å². The zero-order valence-electron chi connectivity index (χ0n) is 7.32. The molecule has 1 aliphatic rings. The van der Waals surface area contributed by atoms with Crippen molar-refractivity contribution in [1.29, 1.82) is 0 Å². The van der Waals surface area contributed by atoms with E-state index in [4.69, 9.17) is 0 Å². The van der Waals surface area contributed by atoms with E-state index in [1.165, 1.54) is 0 Å². The number of thiazole rings is 1. The molecule has 0 atom stereocenters. The quantitative estimate of drug-likeness (QED) is 0.686. The summed E-state index contributed by atoms with van der Waals surface area (Å²) in [6, 6.07) is 0. The Kier molecular flexibility index (Phi) is 2.54. The lowest BCUT2D eigenvalue weighted by Gasteiger charge is -1.98. The van der Waals surface area contributed by atoms with E-state index >= 15 is 0 Å². The third kappa shape index (κ3) is 2.04. The van der Waals surface area contributed by atoms with E-state index in [-0.39, 0.29) is 5.78 Å². The van der Waals surface area contributed by atoms with Gasteiger partial charge in [-0.05, 0) is 30.9 Å². The smallest absolute Gasteiger partial charge is 0.156 e. The Hall–Kier alpha value is -0.960. The van der Waals surface area contributed by atoms with Crippen LogP contribution in [-0.2, 0) is 4.79 Å². The molecule has 0 bridgehead atoms. The average Bonchev–Trinajstić information content (AvgIpc) is 2.56. The first-order valence-corrected chi connectivity index (χ1v) is 5.37. The van der Waals surface area contributed by atoms with Crippen LogP contribution in [0.4, 0.5) is 0 Å². The normalized spacial score (nSPS) is 18.2. The van der Waals surface area contributed by atoms with E-state index in [0.717, 1.165) is 29.8 Å². The number of aromatic nitrogens is 1. The first kappa shape index (κ1) is 8.63. The van der Waals surface area contributed by atoms with Crippen LogP contribution in [-0.4, -0.2) is 10.8 Å². The van der Waals surface area contributed by atoms with Gasteiger partial charge in [0, 0.05) is 18.0 Å². The molecule has 3 heteroatoms. The molecule has 0 amide bonds. The minimum Gasteiger partial charge on any atom is -0.295 e. The van der Waals surface area contributed by atoms with Gasteiger partial charge in [-0.2, -0.15) is 0 Å². The third-order valence-electron chi connectivity index (χ3n) is 2.16. The van der Waals surface area contributed by atoms with Gasteiger partial charge in [-0.15, -0.1) is 11.3 Å². The number of allylic oxidation sites excluding steroid dienone is 2. The highest BCUT2D eigenvalue weighted by Crippen LogP contribution is 2.25. The lowest BCUT2D eigenvalue weighted by atomic mass is 10.1. The fourth-order valence-electron chi connectivity index (χ4n) is 1.50. The van der Waals surface area contributed by atoms with Crippen LogP contribution in [0.3, 0.4) is 0 Å². The van der Waals surface area contributed by atoms with Crippen molar-refractivity contribution in [2.24, 2.45) is 0 Å². The van der Waals surface area contributed by atoms with E-state index in [1.807, 2.05) is 5.38 Å². The lowest BCUT2D eigenvalue weighted by Crippen LogP contribution is -1.89. The summed E-state index contributed by atoms with van der Waals surface area (Å²) in [4.78, 5) is 15.5. The molecule has 0 saturated carbocycles. The highest BCUT2D eigenvalue weighted by atomic mass is 32.1. The SMILES string of the molecule is O=C1C=C(c2nccs2)CCCC1. The number of carbonyl (C=O) groups excluding carboxylic acids is 1. The molecule has 1 aromatic heterocycles. The number of hydrogen-bond acceptors (Lipinski definition) is 3. The molecule has 13 heavy (non-hydrogen) atoms. The number of nitrogens with zero attached hydrogens (tertiary/aromatic N) is 1. The van der Waals surface area contributed by atoms with Crippen molar-refractivity contribution in [2.45, 2.75) is 25.7 Å². The Morgan fingerprint density at radius 3 is 2.92 bits per heavy atom. The summed E-state index contributed by atoms with van der Waals surface area (Å²) >= 11 is 1.61. The molecule has 0 N–H and O–H groups in total. The third-order valence-corrected chi connectivity index (χ3v) is 3.01. The fourth-order valence-corrected chi connectivity index (χ4v) is 2.19. The van der Waals surface area contributed by atoms with E-state index in [2.05, 4.69) is 4.98 Å². The van der Waals surface area contributed by atoms with Gasteiger partial charge in [0.25, 0.3) is 0 Å². The maximum atomic E-state index is 11.3. The summed E-state index contributed by atoms with van der Waals surface area (Å²) in [5.41, 5.74) is 1.12. The molecular weight excluding hydrogens is 182 g/mol. The molecule has 68 valence electrons. The molecule has 0 aromatic carbocycles. The fraction of sp³-hybridized carbons (Fsp3) is 0.400. The van der Waals surface area contributed by atoms with Crippen molar-refractivity contribution in [3.63, 3.8) is 0 Å². The molecule has 0 spiro atoms. The van der Waals surface area contributed by atoms with Crippen molar-refractivity contribution < 1.29 is 4.79 Å². The van der Waals surface area contributed by atoms with Crippen LogP contribution in [0, 0.1) is 0 Å². The van der Waals surface area contributed by atoms with Crippen molar-refractivity contribution in [3.05, 3.63) is 22.7 Å². The van der Waals surface area contributed by atoms with Gasteiger partial charge in [0.1, 0.15) is 5.01 Å². The number of hydrogen-bond donors (Lipinski definition) is 0. The highest BCUT2D eigenvalue weighted by molar-refractivity contribution is 7.10. The molecule has 2 rings (SSSR count). The van der Waals surface area contributed by atoms with Crippen molar-refractivity contribution in [3.8, 4) is 0 Å². The number of rotatable bonds is 1. The van der Waals surface area contributed by atoms with Gasteiger partial charge in [0.2, 0.25) is 0 Å². The Bertz CT molecular complexity index is 327. The molecule has 0 unspecified atom stereocenters. The van der Waals surface area contributed by atoms with Crippen molar-refractivity contribution >= 4 is 22.7 Å². The van der Waals surface area contributed by atoms with Crippen LogP contribution in [0.2, 0.25) is 0 Å². The average molecular weight is 193 g/mol. The van der Waals surface area contributed by atoms with Crippen LogP contribution in [0.15, 0.2) is 17.7 Å². The minimum absolute atomic E-state index is 0.253. The van der Waals surface area contributed by atoms with Gasteiger partial charge < -0.3 is 0 Å². The summed E-state index contributed by atoms with van der Waals surface area (Å²) in [6.45, 7) is 0. The summed E-state index contributed by atoms with van der Waals surface area (Å²) in [5, 5.41) is 2.96. The maximum Gasteiger partial charge on any atom is 0.156 e.